The Balaban J connectivity index is 1.50. The number of halogens is 8. The van der Waals surface area contributed by atoms with Crippen molar-refractivity contribution in [3.8, 4) is 0 Å². The first-order valence-corrected chi connectivity index (χ1v) is 13.9. The summed E-state index contributed by atoms with van der Waals surface area (Å²) in [6.45, 7) is -0.866. The number of hydrogen-bond acceptors (Lipinski definition) is 6. The fourth-order valence-electron chi connectivity index (χ4n) is 5.41. The van der Waals surface area contributed by atoms with E-state index in [0.717, 1.165) is 25.0 Å². The maximum absolute atomic E-state index is 15.8. The van der Waals surface area contributed by atoms with E-state index in [0.29, 0.717) is 12.6 Å². The molecule has 1 unspecified atom stereocenters. The first kappa shape index (κ1) is 31.6. The molecule has 3 aromatic rings. The summed E-state index contributed by atoms with van der Waals surface area (Å²) >= 11 is 0. The van der Waals surface area contributed by atoms with Gasteiger partial charge in [-0.25, -0.2) is 44.7 Å². The van der Waals surface area contributed by atoms with Crippen LogP contribution in [-0.4, -0.2) is 63.1 Å². The van der Waals surface area contributed by atoms with Gasteiger partial charge in [0.2, 0.25) is 11.8 Å². The summed E-state index contributed by atoms with van der Waals surface area (Å²) in [4.78, 5) is 32.8. The Morgan fingerprint density at radius 2 is 1.80 bits per heavy atom. The molecule has 2 aromatic heterocycles. The van der Waals surface area contributed by atoms with Crippen molar-refractivity contribution in [2.24, 2.45) is 5.92 Å². The van der Waals surface area contributed by atoms with E-state index in [2.05, 4.69) is 25.6 Å². The highest BCUT2D eigenvalue weighted by Crippen LogP contribution is 2.43. The number of hydrogen-bond donors (Lipinski definition) is 3. The molecule has 0 aliphatic heterocycles. The summed E-state index contributed by atoms with van der Waals surface area (Å²) in [7, 11) is 0. The van der Waals surface area contributed by atoms with E-state index < -0.39 is 90.4 Å². The summed E-state index contributed by atoms with van der Waals surface area (Å²) in [5.74, 6) is -13.3. The van der Waals surface area contributed by atoms with E-state index in [4.69, 9.17) is 4.63 Å². The van der Waals surface area contributed by atoms with Crippen LogP contribution in [0.3, 0.4) is 0 Å². The smallest absolute Gasteiger partial charge is 0.276 e. The van der Waals surface area contributed by atoms with Gasteiger partial charge >= 0.3 is 0 Å². The number of carbonyl (C=O) groups excluding carboxylic acids is 2. The molecule has 0 bridgehead atoms. The Morgan fingerprint density at radius 1 is 1.11 bits per heavy atom. The molecule has 2 heterocycles. The van der Waals surface area contributed by atoms with Gasteiger partial charge in [-0.1, -0.05) is 11.2 Å². The summed E-state index contributed by atoms with van der Waals surface area (Å²) in [5, 5.41) is 11.8. The topological polar surface area (TPSA) is 126 Å². The first-order valence-electron chi connectivity index (χ1n) is 13.9. The number of aromatic nitrogens is 4. The molecular formula is C27H28F8N6O3. The van der Waals surface area contributed by atoms with Gasteiger partial charge in [0.15, 0.2) is 17.7 Å². The number of amides is 2. The summed E-state index contributed by atoms with van der Waals surface area (Å²) in [6.07, 6.45) is -6.53. The fourth-order valence-corrected chi connectivity index (χ4v) is 5.41. The predicted molar refractivity (Wildman–Crippen MR) is 137 cm³/mol. The van der Waals surface area contributed by atoms with Crippen molar-refractivity contribution in [2.45, 2.75) is 87.8 Å². The van der Waals surface area contributed by atoms with Crippen molar-refractivity contribution in [1.82, 2.24) is 30.9 Å². The summed E-state index contributed by atoms with van der Waals surface area (Å²) < 4.78 is 116. The number of carbonyl (C=O) groups is 2. The molecule has 240 valence electrons. The van der Waals surface area contributed by atoms with Gasteiger partial charge < -0.3 is 15.6 Å². The highest BCUT2D eigenvalue weighted by molar-refractivity contribution is 5.93. The molecule has 3 N–H and O–H groups in total. The number of nitrogens with zero attached hydrogens (tertiary/aromatic N) is 3. The average molecular weight is 637 g/mol. The third-order valence-electron chi connectivity index (χ3n) is 7.90. The van der Waals surface area contributed by atoms with Crippen molar-refractivity contribution >= 4 is 22.8 Å². The molecule has 0 spiro atoms. The lowest BCUT2D eigenvalue weighted by molar-refractivity contribution is -0.127. The SMILES string of the molecule is CC(F)(F)CNC(=O)[C@@H](c1ccc2[nH]c([C@@H](NC(=O)c3nonc3C3CC3)C3CCC(F)(F)CC3)nc2c1F)C(F)C(F)F. The van der Waals surface area contributed by atoms with E-state index in [-0.39, 0.29) is 35.8 Å². The molecule has 44 heavy (non-hydrogen) atoms. The van der Waals surface area contributed by atoms with Gasteiger partial charge in [0.05, 0.1) is 18.1 Å². The van der Waals surface area contributed by atoms with Crippen LogP contribution in [0.1, 0.15) is 90.9 Å². The maximum Gasteiger partial charge on any atom is 0.276 e. The van der Waals surface area contributed by atoms with E-state index in [1.165, 1.54) is 0 Å². The second kappa shape index (κ2) is 12.0. The van der Waals surface area contributed by atoms with Crippen LogP contribution in [0.25, 0.3) is 11.0 Å². The zero-order valence-corrected chi connectivity index (χ0v) is 23.2. The molecule has 2 aliphatic carbocycles. The molecule has 2 fully saturated rings. The second-order valence-electron chi connectivity index (χ2n) is 11.4. The monoisotopic (exact) mass is 636 g/mol. The molecular weight excluding hydrogens is 608 g/mol. The molecule has 17 heteroatoms. The Labute approximate surface area is 244 Å². The zero-order chi connectivity index (χ0) is 32.0. The lowest BCUT2D eigenvalue weighted by Gasteiger charge is -2.33. The van der Waals surface area contributed by atoms with Crippen LogP contribution < -0.4 is 10.6 Å². The Hall–Kier alpha value is -3.79. The van der Waals surface area contributed by atoms with Gasteiger partial charge in [-0.3, -0.25) is 9.59 Å². The van der Waals surface area contributed by atoms with Gasteiger partial charge in [-0.15, -0.1) is 0 Å². The Kier molecular flexibility index (Phi) is 8.59. The molecule has 2 amide bonds. The van der Waals surface area contributed by atoms with Crippen molar-refractivity contribution in [3.63, 3.8) is 0 Å². The van der Waals surface area contributed by atoms with E-state index >= 15 is 4.39 Å². The standard InChI is InChI=1S/C27H28F8N6O3/c1-26(32,33)10-36-24(42)15(17(29)22(30)31)13-4-5-14-20(16(13)28)38-23(37-14)19(12-6-8-27(34,35)9-7-12)39-25(43)21-18(11-2-3-11)40-44-41-21/h4-5,11-12,15,17,19,22H,2-3,6-10H2,1H3,(H,36,42)(H,37,38)(H,39,43)/t15-,17?,19-/m0/s1. The average Bonchev–Trinajstić information content (AvgIpc) is 3.50. The number of imidazole rings is 1. The highest BCUT2D eigenvalue weighted by Gasteiger charge is 2.42. The van der Waals surface area contributed by atoms with Crippen LogP contribution in [-0.2, 0) is 4.79 Å². The Bertz CT molecular complexity index is 1510. The minimum Gasteiger partial charge on any atom is -0.349 e. The van der Waals surface area contributed by atoms with Gasteiger partial charge in [0.1, 0.15) is 23.0 Å². The van der Waals surface area contributed by atoms with Crippen LogP contribution in [0.15, 0.2) is 16.8 Å². The number of H-pyrrole nitrogens is 1. The maximum atomic E-state index is 15.8. The van der Waals surface area contributed by atoms with E-state index in [1.807, 2.05) is 0 Å². The van der Waals surface area contributed by atoms with Gasteiger partial charge in [0, 0.05) is 31.2 Å². The first-order chi connectivity index (χ1) is 20.6. The minimum absolute atomic E-state index is 0.0196. The molecule has 0 saturated heterocycles. The van der Waals surface area contributed by atoms with E-state index in [9.17, 15) is 40.3 Å². The van der Waals surface area contributed by atoms with Crippen molar-refractivity contribution in [2.75, 3.05) is 6.54 Å². The predicted octanol–water partition coefficient (Wildman–Crippen LogP) is 5.72. The number of alkyl halides is 7. The molecule has 1 aromatic carbocycles. The van der Waals surface area contributed by atoms with Crippen molar-refractivity contribution in [1.29, 1.82) is 0 Å². The normalized spacial score (nSPS) is 19.6. The second-order valence-corrected chi connectivity index (χ2v) is 11.4. The van der Waals surface area contributed by atoms with Gasteiger partial charge in [0.25, 0.3) is 18.3 Å². The lowest BCUT2D eigenvalue weighted by atomic mass is 9.81. The number of aromatic amines is 1. The quantitative estimate of drug-likeness (QED) is 0.232. The van der Waals surface area contributed by atoms with Crippen molar-refractivity contribution in [3.05, 3.63) is 40.7 Å². The fraction of sp³-hybridized carbons (Fsp3) is 0.593. The highest BCUT2D eigenvalue weighted by atomic mass is 19.3. The number of fused-ring (bicyclic) bond motifs is 1. The summed E-state index contributed by atoms with van der Waals surface area (Å²) in [5.41, 5.74) is -1.20. The van der Waals surface area contributed by atoms with E-state index in [1.54, 1.807) is 5.32 Å². The zero-order valence-electron chi connectivity index (χ0n) is 23.2. The lowest BCUT2D eigenvalue weighted by Crippen LogP contribution is -2.41. The minimum atomic E-state index is -3.76. The molecule has 0 radical (unpaired) electrons. The van der Waals surface area contributed by atoms with Crippen LogP contribution >= 0.6 is 0 Å². The van der Waals surface area contributed by atoms with Crippen molar-refractivity contribution < 1.29 is 49.3 Å². The third-order valence-corrected chi connectivity index (χ3v) is 7.90. The molecule has 2 saturated carbocycles. The van der Waals surface area contributed by atoms with Crippen LogP contribution in [0.2, 0.25) is 0 Å². The van der Waals surface area contributed by atoms with Crippen LogP contribution in [0, 0.1) is 11.7 Å². The van der Waals surface area contributed by atoms with Crippen LogP contribution in [0.4, 0.5) is 35.1 Å². The van der Waals surface area contributed by atoms with Gasteiger partial charge in [-0.05, 0) is 42.8 Å². The molecule has 2 aliphatic rings. The third kappa shape index (κ3) is 6.80. The molecule has 9 nitrogen and oxygen atoms in total. The Morgan fingerprint density at radius 3 is 2.41 bits per heavy atom. The van der Waals surface area contributed by atoms with Gasteiger partial charge in [-0.2, -0.15) is 0 Å². The summed E-state index contributed by atoms with van der Waals surface area (Å²) in [6, 6.07) is 0.886. The molecule has 3 atom stereocenters. The molecule has 5 rings (SSSR count). The number of benzene rings is 1. The van der Waals surface area contributed by atoms with Crippen LogP contribution in [0.5, 0.6) is 0 Å². The largest absolute Gasteiger partial charge is 0.349 e. The number of rotatable bonds is 11. The number of nitrogens with one attached hydrogen (secondary N) is 3.